The van der Waals surface area contributed by atoms with Crippen LogP contribution in [0.1, 0.15) is 44.2 Å². The first-order chi connectivity index (χ1) is 8.52. The molecule has 1 aromatic heterocycles. The van der Waals surface area contributed by atoms with Crippen molar-refractivity contribution in [1.82, 2.24) is 9.55 Å². The number of halogens is 1. The lowest BCUT2D eigenvalue weighted by Crippen LogP contribution is -2.41. The monoisotopic (exact) mass is 288 g/mol. The van der Waals surface area contributed by atoms with Gasteiger partial charge in [-0.15, -0.1) is 0 Å². The third-order valence-electron chi connectivity index (χ3n) is 3.20. The summed E-state index contributed by atoms with van der Waals surface area (Å²) < 4.78 is 1.35. The summed E-state index contributed by atoms with van der Waals surface area (Å²) in [6, 6.07) is -0.00485. The molecule has 0 spiro atoms. The number of hydrogen-bond acceptors (Lipinski definition) is 3. The molecule has 1 N–H and O–H groups in total. The van der Waals surface area contributed by atoms with Crippen LogP contribution in [0.15, 0.2) is 9.59 Å². The molecular weight excluding hydrogens is 272 g/mol. The van der Waals surface area contributed by atoms with Crippen LogP contribution in [-0.2, 0) is 0 Å². The zero-order chi connectivity index (χ0) is 13.3. The van der Waals surface area contributed by atoms with Crippen molar-refractivity contribution in [2.75, 3.05) is 11.5 Å². The Morgan fingerprint density at radius 2 is 2.17 bits per heavy atom. The van der Waals surface area contributed by atoms with Gasteiger partial charge in [-0.2, -0.15) is 11.8 Å². The van der Waals surface area contributed by atoms with Gasteiger partial charge < -0.3 is 0 Å². The molecule has 2 rings (SSSR count). The van der Waals surface area contributed by atoms with E-state index in [4.69, 9.17) is 11.6 Å². The normalized spacial score (nSPS) is 20.3. The van der Waals surface area contributed by atoms with Crippen molar-refractivity contribution in [2.24, 2.45) is 0 Å². The van der Waals surface area contributed by atoms with E-state index in [1.807, 2.05) is 13.8 Å². The summed E-state index contributed by atoms with van der Waals surface area (Å²) in [5.41, 5.74) is -0.111. The number of rotatable bonds is 2. The van der Waals surface area contributed by atoms with E-state index < -0.39 is 0 Å². The first kappa shape index (κ1) is 13.7. The highest BCUT2D eigenvalue weighted by Crippen LogP contribution is 2.25. The largest absolute Gasteiger partial charge is 0.329 e. The molecule has 0 amide bonds. The van der Waals surface area contributed by atoms with Gasteiger partial charge >= 0.3 is 5.69 Å². The molecule has 100 valence electrons. The first-order valence-corrected chi connectivity index (χ1v) is 7.67. The molecule has 0 aromatic carbocycles. The second-order valence-electron chi connectivity index (χ2n) is 4.86. The molecule has 4 nitrogen and oxygen atoms in total. The Morgan fingerprint density at radius 1 is 1.44 bits per heavy atom. The van der Waals surface area contributed by atoms with E-state index in [0.29, 0.717) is 5.56 Å². The Bertz CT molecular complexity index is 544. The molecule has 1 unspecified atom stereocenters. The summed E-state index contributed by atoms with van der Waals surface area (Å²) in [7, 11) is 0. The standard InChI is InChI=1S/C12H17ClN2O2S/c1-7(2)9-10(13)14-12(17)15(11(9)16)8-4-3-5-18-6-8/h7-8H,3-6H2,1-2H3,(H,14,17). The van der Waals surface area contributed by atoms with Crippen molar-refractivity contribution in [3.63, 3.8) is 0 Å². The van der Waals surface area contributed by atoms with Gasteiger partial charge in [0.25, 0.3) is 5.56 Å². The Hall–Kier alpha value is -0.680. The van der Waals surface area contributed by atoms with E-state index in [-0.39, 0.29) is 28.4 Å². The highest BCUT2D eigenvalue weighted by Gasteiger charge is 2.23. The zero-order valence-corrected chi connectivity index (χ0v) is 12.1. The maximum Gasteiger partial charge on any atom is 0.329 e. The first-order valence-electron chi connectivity index (χ1n) is 6.14. The minimum Gasteiger partial charge on any atom is -0.297 e. The molecule has 18 heavy (non-hydrogen) atoms. The van der Waals surface area contributed by atoms with Crippen LogP contribution in [0, 0.1) is 0 Å². The highest BCUT2D eigenvalue weighted by molar-refractivity contribution is 7.99. The fourth-order valence-electron chi connectivity index (χ4n) is 2.30. The van der Waals surface area contributed by atoms with E-state index in [1.54, 1.807) is 11.8 Å². The Balaban J connectivity index is 2.56. The Labute approximate surface area is 115 Å². The van der Waals surface area contributed by atoms with Crippen molar-refractivity contribution in [2.45, 2.75) is 38.6 Å². The smallest absolute Gasteiger partial charge is 0.297 e. The van der Waals surface area contributed by atoms with E-state index in [1.165, 1.54) is 4.57 Å². The van der Waals surface area contributed by atoms with Crippen molar-refractivity contribution < 1.29 is 0 Å². The van der Waals surface area contributed by atoms with E-state index in [2.05, 4.69) is 4.98 Å². The van der Waals surface area contributed by atoms with Crippen LogP contribution in [0.3, 0.4) is 0 Å². The fourth-order valence-corrected chi connectivity index (χ4v) is 3.80. The van der Waals surface area contributed by atoms with Crippen LogP contribution in [0.2, 0.25) is 5.15 Å². The summed E-state index contributed by atoms with van der Waals surface area (Å²) in [4.78, 5) is 26.9. The lowest BCUT2D eigenvalue weighted by molar-refractivity contribution is 0.461. The SMILES string of the molecule is CC(C)c1c(Cl)[nH]c(=O)n(C2CCCSC2)c1=O. The maximum atomic E-state index is 12.4. The Morgan fingerprint density at radius 3 is 2.72 bits per heavy atom. The summed E-state index contributed by atoms with van der Waals surface area (Å²) in [5.74, 6) is 1.93. The molecule has 1 aromatic rings. The van der Waals surface area contributed by atoms with Gasteiger partial charge in [0.1, 0.15) is 5.15 Å². The maximum absolute atomic E-state index is 12.4. The summed E-state index contributed by atoms with van der Waals surface area (Å²) in [5, 5.41) is 0.180. The molecule has 0 aliphatic carbocycles. The van der Waals surface area contributed by atoms with Gasteiger partial charge in [-0.3, -0.25) is 14.3 Å². The molecule has 0 saturated carbocycles. The molecular formula is C12H17ClN2O2S. The van der Waals surface area contributed by atoms with Gasteiger partial charge in [-0.1, -0.05) is 25.4 Å². The quantitative estimate of drug-likeness (QED) is 0.850. The van der Waals surface area contributed by atoms with Gasteiger partial charge in [0.2, 0.25) is 0 Å². The lowest BCUT2D eigenvalue weighted by atomic mass is 10.1. The molecule has 1 aliphatic heterocycles. The highest BCUT2D eigenvalue weighted by atomic mass is 35.5. The van der Waals surface area contributed by atoms with Gasteiger partial charge in [0.15, 0.2) is 0 Å². The second kappa shape index (κ2) is 5.53. The molecule has 1 fully saturated rings. The van der Waals surface area contributed by atoms with E-state index in [0.717, 1.165) is 24.3 Å². The van der Waals surface area contributed by atoms with Gasteiger partial charge in [-0.25, -0.2) is 4.79 Å². The third kappa shape index (κ3) is 2.52. The lowest BCUT2D eigenvalue weighted by Gasteiger charge is -2.23. The fraction of sp³-hybridized carbons (Fsp3) is 0.667. The predicted octanol–water partition coefficient (Wildman–Crippen LogP) is 2.38. The van der Waals surface area contributed by atoms with Crippen molar-refractivity contribution in [1.29, 1.82) is 0 Å². The number of H-pyrrole nitrogens is 1. The van der Waals surface area contributed by atoms with Gasteiger partial charge in [-0.05, 0) is 24.5 Å². The second-order valence-corrected chi connectivity index (χ2v) is 6.39. The van der Waals surface area contributed by atoms with Crippen LogP contribution < -0.4 is 11.2 Å². The molecule has 6 heteroatoms. The van der Waals surface area contributed by atoms with Crippen LogP contribution >= 0.6 is 23.4 Å². The van der Waals surface area contributed by atoms with Gasteiger partial charge in [0, 0.05) is 5.75 Å². The Kier molecular flexibility index (Phi) is 4.22. The summed E-state index contributed by atoms with van der Waals surface area (Å²) in [6.07, 6.45) is 1.93. The molecule has 1 saturated heterocycles. The molecule has 1 atom stereocenters. The number of nitrogens with one attached hydrogen (secondary N) is 1. The summed E-state index contributed by atoms with van der Waals surface area (Å²) in [6.45, 7) is 3.81. The minimum atomic E-state index is -0.387. The zero-order valence-electron chi connectivity index (χ0n) is 10.5. The molecule has 0 bridgehead atoms. The van der Waals surface area contributed by atoms with E-state index >= 15 is 0 Å². The van der Waals surface area contributed by atoms with Crippen molar-refractivity contribution in [3.05, 3.63) is 31.6 Å². The average Bonchev–Trinajstić information content (AvgIpc) is 2.28. The van der Waals surface area contributed by atoms with Crippen LogP contribution in [0.25, 0.3) is 0 Å². The average molecular weight is 289 g/mol. The number of thioether (sulfide) groups is 1. The number of hydrogen-bond donors (Lipinski definition) is 1. The summed E-state index contributed by atoms with van der Waals surface area (Å²) >= 11 is 7.75. The number of nitrogens with zero attached hydrogens (tertiary/aromatic N) is 1. The third-order valence-corrected chi connectivity index (χ3v) is 4.70. The topological polar surface area (TPSA) is 54.9 Å². The van der Waals surface area contributed by atoms with Crippen LogP contribution in [0.4, 0.5) is 0 Å². The number of aromatic amines is 1. The van der Waals surface area contributed by atoms with Gasteiger partial charge in [0.05, 0.1) is 11.6 Å². The predicted molar refractivity (Wildman–Crippen MR) is 76.0 cm³/mol. The van der Waals surface area contributed by atoms with Crippen LogP contribution in [0.5, 0.6) is 0 Å². The van der Waals surface area contributed by atoms with Crippen molar-refractivity contribution in [3.8, 4) is 0 Å². The molecule has 0 radical (unpaired) electrons. The van der Waals surface area contributed by atoms with Crippen LogP contribution in [-0.4, -0.2) is 21.1 Å². The van der Waals surface area contributed by atoms with E-state index in [9.17, 15) is 9.59 Å². The molecule has 2 heterocycles. The van der Waals surface area contributed by atoms with Crippen molar-refractivity contribution >= 4 is 23.4 Å². The number of aromatic nitrogens is 2. The molecule has 1 aliphatic rings. The minimum absolute atomic E-state index is 0.00402.